The Morgan fingerprint density at radius 1 is 1.37 bits per heavy atom. The van der Waals surface area contributed by atoms with Crippen molar-refractivity contribution in [2.45, 2.75) is 18.9 Å². The van der Waals surface area contributed by atoms with Crippen LogP contribution in [0.2, 0.25) is 10.0 Å². The average molecular weight is 305 g/mol. The van der Waals surface area contributed by atoms with Gasteiger partial charge in [-0.2, -0.15) is 0 Å². The fraction of sp³-hybridized carbons (Fsp3) is 0.462. The summed E-state index contributed by atoms with van der Waals surface area (Å²) in [4.78, 5) is 13.8. The summed E-state index contributed by atoms with van der Waals surface area (Å²) in [6.45, 7) is 0.549. The summed E-state index contributed by atoms with van der Waals surface area (Å²) in [5.74, 6) is -0.182. The van der Waals surface area contributed by atoms with E-state index in [1.807, 2.05) is 4.90 Å². The van der Waals surface area contributed by atoms with Crippen molar-refractivity contribution in [2.75, 3.05) is 25.1 Å². The lowest BCUT2D eigenvalue weighted by atomic mass is 10.2. The first-order valence-corrected chi connectivity index (χ1v) is 6.90. The van der Waals surface area contributed by atoms with Crippen molar-refractivity contribution in [3.63, 3.8) is 0 Å². The molecule has 0 radical (unpaired) electrons. The molecule has 1 saturated heterocycles. The molecule has 1 amide bonds. The average Bonchev–Trinajstić information content (AvgIpc) is 2.74. The number of nitrogens with one attached hydrogen (secondary N) is 1. The molecule has 1 aliphatic heterocycles. The Labute approximate surface area is 121 Å². The van der Waals surface area contributed by atoms with Crippen LogP contribution in [0.25, 0.3) is 0 Å². The van der Waals surface area contributed by atoms with Gasteiger partial charge >= 0.3 is 0 Å². The van der Waals surface area contributed by atoms with Crippen LogP contribution in [-0.2, 0) is 4.79 Å². The normalized spacial score (nSPS) is 19.6. The van der Waals surface area contributed by atoms with Crippen molar-refractivity contribution in [1.82, 2.24) is 4.90 Å². The van der Waals surface area contributed by atoms with E-state index in [9.17, 15) is 9.18 Å². The monoisotopic (exact) mass is 304 g/mol. The number of anilines is 1. The number of likely N-dealkylation sites (tertiary alicyclic amines) is 1. The number of benzene rings is 1. The van der Waals surface area contributed by atoms with E-state index in [0.29, 0.717) is 15.7 Å². The molecule has 0 bridgehead atoms. The van der Waals surface area contributed by atoms with Crippen LogP contribution in [-0.4, -0.2) is 36.6 Å². The van der Waals surface area contributed by atoms with Gasteiger partial charge in [0.2, 0.25) is 5.91 Å². The summed E-state index contributed by atoms with van der Waals surface area (Å²) in [6.07, 6.45) is 1.75. The number of amides is 1. The molecule has 1 aromatic rings. The smallest absolute Gasteiger partial charge is 0.238 e. The van der Waals surface area contributed by atoms with Gasteiger partial charge in [0.15, 0.2) is 0 Å². The van der Waals surface area contributed by atoms with E-state index in [0.717, 1.165) is 19.4 Å². The number of hydrogen-bond donors (Lipinski definition) is 1. The zero-order valence-electron chi connectivity index (χ0n) is 10.3. The predicted octanol–water partition coefficient (Wildman–Crippen LogP) is 3.37. The molecule has 19 heavy (non-hydrogen) atoms. The molecule has 6 heteroatoms. The SMILES string of the molecule is O=C(CN1CCCC1CF)Nc1cc(Cl)cc(Cl)c1. The van der Waals surface area contributed by atoms with Crippen molar-refractivity contribution in [2.24, 2.45) is 0 Å². The highest BCUT2D eigenvalue weighted by molar-refractivity contribution is 6.35. The first kappa shape index (κ1) is 14.6. The maximum atomic E-state index is 12.7. The molecule has 1 aromatic carbocycles. The first-order valence-electron chi connectivity index (χ1n) is 6.14. The highest BCUT2D eigenvalue weighted by Gasteiger charge is 2.25. The van der Waals surface area contributed by atoms with E-state index in [4.69, 9.17) is 23.2 Å². The number of halogens is 3. The second-order valence-electron chi connectivity index (χ2n) is 4.63. The molecule has 1 aliphatic rings. The molecule has 1 atom stereocenters. The van der Waals surface area contributed by atoms with Crippen LogP contribution in [0.15, 0.2) is 18.2 Å². The zero-order chi connectivity index (χ0) is 13.8. The second-order valence-corrected chi connectivity index (χ2v) is 5.50. The Morgan fingerprint density at radius 2 is 2.05 bits per heavy atom. The van der Waals surface area contributed by atoms with Crippen molar-refractivity contribution in [3.8, 4) is 0 Å². The van der Waals surface area contributed by atoms with Crippen LogP contribution >= 0.6 is 23.2 Å². The lowest BCUT2D eigenvalue weighted by molar-refractivity contribution is -0.117. The first-order chi connectivity index (χ1) is 9.08. The highest BCUT2D eigenvalue weighted by Crippen LogP contribution is 2.23. The molecule has 1 unspecified atom stereocenters. The standard InChI is InChI=1S/C13H15Cl2FN2O/c14-9-4-10(15)6-11(5-9)17-13(19)8-18-3-1-2-12(18)7-16/h4-6,12H,1-3,7-8H2,(H,17,19). The Morgan fingerprint density at radius 3 is 2.68 bits per heavy atom. The summed E-state index contributed by atoms with van der Waals surface area (Å²) in [7, 11) is 0. The van der Waals surface area contributed by atoms with Crippen molar-refractivity contribution in [3.05, 3.63) is 28.2 Å². The van der Waals surface area contributed by atoms with Crippen LogP contribution in [0.3, 0.4) is 0 Å². The lowest BCUT2D eigenvalue weighted by Gasteiger charge is -2.21. The van der Waals surface area contributed by atoms with Crippen LogP contribution in [0.1, 0.15) is 12.8 Å². The predicted molar refractivity (Wildman–Crippen MR) is 75.7 cm³/mol. The Hall–Kier alpha value is -0.840. The van der Waals surface area contributed by atoms with E-state index < -0.39 is 6.67 Å². The van der Waals surface area contributed by atoms with Gasteiger partial charge in [0.25, 0.3) is 0 Å². The zero-order valence-corrected chi connectivity index (χ0v) is 11.8. The molecule has 3 nitrogen and oxygen atoms in total. The van der Waals surface area contributed by atoms with Gasteiger partial charge in [0.05, 0.1) is 6.54 Å². The van der Waals surface area contributed by atoms with E-state index in [1.165, 1.54) is 0 Å². The number of alkyl halides is 1. The third kappa shape index (κ3) is 4.06. The molecule has 1 fully saturated rings. The molecule has 0 aliphatic carbocycles. The molecule has 2 rings (SSSR count). The van der Waals surface area contributed by atoms with Gasteiger partial charge in [-0.15, -0.1) is 0 Å². The summed E-state index contributed by atoms with van der Waals surface area (Å²) >= 11 is 11.7. The number of carbonyl (C=O) groups is 1. The lowest BCUT2D eigenvalue weighted by Crippen LogP contribution is -2.37. The minimum atomic E-state index is -0.406. The third-order valence-corrected chi connectivity index (χ3v) is 3.61. The molecule has 0 aromatic heterocycles. The molecule has 0 spiro atoms. The van der Waals surface area contributed by atoms with Crippen molar-refractivity contribution < 1.29 is 9.18 Å². The summed E-state index contributed by atoms with van der Waals surface area (Å²) in [5, 5.41) is 3.65. The number of hydrogen-bond acceptors (Lipinski definition) is 2. The van der Waals surface area contributed by atoms with Gasteiger partial charge in [-0.1, -0.05) is 23.2 Å². The third-order valence-electron chi connectivity index (χ3n) is 3.17. The van der Waals surface area contributed by atoms with Gasteiger partial charge in [0, 0.05) is 21.8 Å². The molecule has 0 saturated carbocycles. The summed E-state index contributed by atoms with van der Waals surface area (Å²) < 4.78 is 12.7. The Kier molecular flexibility index (Phi) is 5.02. The van der Waals surface area contributed by atoms with Crippen LogP contribution < -0.4 is 5.32 Å². The second kappa shape index (κ2) is 6.55. The van der Waals surface area contributed by atoms with E-state index >= 15 is 0 Å². The van der Waals surface area contributed by atoms with Gasteiger partial charge in [-0.05, 0) is 37.6 Å². The fourth-order valence-corrected chi connectivity index (χ4v) is 2.82. The summed E-state index contributed by atoms with van der Waals surface area (Å²) in [6, 6.07) is 4.72. The van der Waals surface area contributed by atoms with Crippen LogP contribution in [0, 0.1) is 0 Å². The van der Waals surface area contributed by atoms with Gasteiger partial charge in [-0.25, -0.2) is 4.39 Å². The van der Waals surface area contributed by atoms with E-state index in [2.05, 4.69) is 5.32 Å². The Balaban J connectivity index is 1.93. The molecule has 1 N–H and O–H groups in total. The van der Waals surface area contributed by atoms with Crippen LogP contribution in [0.4, 0.5) is 10.1 Å². The fourth-order valence-electron chi connectivity index (χ4n) is 2.29. The topological polar surface area (TPSA) is 32.3 Å². The molecular formula is C13H15Cl2FN2O. The number of rotatable bonds is 4. The van der Waals surface area contributed by atoms with Crippen molar-refractivity contribution >= 4 is 34.8 Å². The maximum absolute atomic E-state index is 12.7. The summed E-state index contributed by atoms with van der Waals surface area (Å²) in [5.41, 5.74) is 0.554. The largest absolute Gasteiger partial charge is 0.325 e. The van der Waals surface area contributed by atoms with E-state index in [1.54, 1.807) is 18.2 Å². The minimum Gasteiger partial charge on any atom is -0.325 e. The van der Waals surface area contributed by atoms with Gasteiger partial charge in [-0.3, -0.25) is 9.69 Å². The molecule has 1 heterocycles. The van der Waals surface area contributed by atoms with Crippen molar-refractivity contribution in [1.29, 1.82) is 0 Å². The quantitative estimate of drug-likeness (QED) is 0.925. The minimum absolute atomic E-state index is 0.131. The van der Waals surface area contributed by atoms with E-state index in [-0.39, 0.29) is 18.5 Å². The highest BCUT2D eigenvalue weighted by atomic mass is 35.5. The number of carbonyl (C=O) groups excluding carboxylic acids is 1. The molecule has 104 valence electrons. The van der Waals surface area contributed by atoms with Gasteiger partial charge in [0.1, 0.15) is 6.67 Å². The Bertz CT molecular complexity index is 450. The molecular weight excluding hydrogens is 290 g/mol. The number of nitrogens with zero attached hydrogens (tertiary/aromatic N) is 1. The van der Waals surface area contributed by atoms with Gasteiger partial charge < -0.3 is 5.32 Å². The van der Waals surface area contributed by atoms with Crippen LogP contribution in [0.5, 0.6) is 0 Å². The maximum Gasteiger partial charge on any atom is 0.238 e.